The zero-order chi connectivity index (χ0) is 26.6. The molecule has 1 spiro atoms. The number of rotatable bonds is 4. The normalized spacial score (nSPS) is 24.1. The predicted molar refractivity (Wildman–Crippen MR) is 152 cm³/mol. The Morgan fingerprint density at radius 3 is 2.26 bits per heavy atom. The van der Waals surface area contributed by atoms with Gasteiger partial charge >= 0.3 is 0 Å². The summed E-state index contributed by atoms with van der Waals surface area (Å²) in [6.45, 7) is 0. The highest BCUT2D eigenvalue weighted by Gasteiger charge is 2.70. The average molecular weight is 512 g/mol. The zero-order valence-electron chi connectivity index (χ0n) is 21.0. The van der Waals surface area contributed by atoms with Gasteiger partial charge in [0.25, 0.3) is 0 Å². The minimum atomic E-state index is -1.31. The second-order valence-corrected chi connectivity index (χ2v) is 10.1. The number of ketones is 1. The fourth-order valence-electron chi connectivity index (χ4n) is 6.64. The minimum Gasteiger partial charge on any atom is -0.350 e. The Balaban J connectivity index is 1.50. The lowest BCUT2D eigenvalue weighted by Gasteiger charge is -2.37. The van der Waals surface area contributed by atoms with Crippen LogP contribution in [-0.2, 0) is 15.0 Å². The molecule has 4 aromatic rings. The molecule has 1 saturated heterocycles. The van der Waals surface area contributed by atoms with Crippen LogP contribution in [-0.4, -0.2) is 29.7 Å². The number of nitrogens with one attached hydrogen (secondary N) is 2. The third kappa shape index (κ3) is 3.31. The van der Waals surface area contributed by atoms with E-state index in [0.717, 1.165) is 16.8 Å². The van der Waals surface area contributed by atoms with Gasteiger partial charge in [0.2, 0.25) is 11.8 Å². The number of hydrogen-bond donors (Lipinski definition) is 2. The van der Waals surface area contributed by atoms with Crippen LogP contribution >= 0.6 is 0 Å². The summed E-state index contributed by atoms with van der Waals surface area (Å²) in [7, 11) is 0. The Morgan fingerprint density at radius 1 is 0.795 bits per heavy atom. The molecule has 0 bridgehead atoms. The highest BCUT2D eigenvalue weighted by Crippen LogP contribution is 2.57. The molecule has 0 aliphatic carbocycles. The minimum absolute atomic E-state index is 0.240. The molecule has 6 nitrogen and oxygen atoms in total. The van der Waals surface area contributed by atoms with E-state index in [0.29, 0.717) is 16.9 Å². The molecule has 7 rings (SSSR count). The molecule has 2 N–H and O–H groups in total. The molecule has 6 heteroatoms. The van der Waals surface area contributed by atoms with Gasteiger partial charge in [-0.25, -0.2) is 0 Å². The summed E-state index contributed by atoms with van der Waals surface area (Å²) in [5.41, 5.74) is 2.94. The largest absolute Gasteiger partial charge is 0.350 e. The van der Waals surface area contributed by atoms with Gasteiger partial charge in [-0.3, -0.25) is 14.4 Å². The zero-order valence-corrected chi connectivity index (χ0v) is 21.0. The monoisotopic (exact) mass is 511 g/mol. The molecule has 3 aliphatic heterocycles. The summed E-state index contributed by atoms with van der Waals surface area (Å²) < 4.78 is 0. The van der Waals surface area contributed by atoms with Crippen LogP contribution in [0.5, 0.6) is 0 Å². The van der Waals surface area contributed by atoms with Crippen molar-refractivity contribution >= 4 is 40.7 Å². The molecule has 0 unspecified atom stereocenters. The third-order valence-electron chi connectivity index (χ3n) is 8.19. The van der Waals surface area contributed by atoms with Crippen LogP contribution in [0.3, 0.4) is 0 Å². The molecule has 3 heterocycles. The number of para-hydroxylation sites is 3. The lowest BCUT2D eigenvalue weighted by Crippen LogP contribution is -2.51. The van der Waals surface area contributed by atoms with Gasteiger partial charge in [0, 0.05) is 22.6 Å². The van der Waals surface area contributed by atoms with Gasteiger partial charge in [0.1, 0.15) is 11.5 Å². The summed E-state index contributed by atoms with van der Waals surface area (Å²) in [5.74, 6) is -1.84. The van der Waals surface area contributed by atoms with Crippen LogP contribution in [0.2, 0.25) is 0 Å². The Bertz CT molecular complexity index is 1650. The van der Waals surface area contributed by atoms with Crippen molar-refractivity contribution in [1.29, 1.82) is 0 Å². The van der Waals surface area contributed by atoms with Crippen molar-refractivity contribution in [2.45, 2.75) is 17.5 Å². The van der Waals surface area contributed by atoms with Crippen LogP contribution < -0.4 is 15.5 Å². The number of hydrogen-bond acceptors (Lipinski definition) is 4. The number of amides is 2. The van der Waals surface area contributed by atoms with E-state index in [4.69, 9.17) is 0 Å². The fraction of sp³-hybridized carbons (Fsp3) is 0.121. The molecule has 0 radical (unpaired) electrons. The number of anilines is 3. The summed E-state index contributed by atoms with van der Waals surface area (Å²) in [6.07, 6.45) is 3.97. The molecule has 1 fully saturated rings. The fourth-order valence-corrected chi connectivity index (χ4v) is 6.64. The van der Waals surface area contributed by atoms with Crippen molar-refractivity contribution in [3.8, 4) is 0 Å². The quantitative estimate of drug-likeness (QED) is 0.365. The van der Waals surface area contributed by atoms with E-state index in [1.807, 2.05) is 102 Å². The smallest absolute Gasteiger partial charge is 0.247 e. The molecule has 4 aromatic carbocycles. The molecule has 3 aliphatic rings. The maximum atomic E-state index is 14.6. The van der Waals surface area contributed by atoms with E-state index in [1.165, 1.54) is 0 Å². The number of Topliss-reactive ketones (excluding diaryl/α,β-unsaturated/α-hetero) is 1. The first-order chi connectivity index (χ1) is 19.1. The van der Waals surface area contributed by atoms with Crippen molar-refractivity contribution in [1.82, 2.24) is 0 Å². The van der Waals surface area contributed by atoms with Crippen molar-refractivity contribution < 1.29 is 14.4 Å². The topological polar surface area (TPSA) is 78.5 Å². The van der Waals surface area contributed by atoms with Gasteiger partial charge in [-0.1, -0.05) is 97.1 Å². The van der Waals surface area contributed by atoms with Crippen molar-refractivity contribution in [3.05, 3.63) is 132 Å². The summed E-state index contributed by atoms with van der Waals surface area (Å²) in [5, 5.41) is 6.09. The molecule has 0 saturated carbocycles. The third-order valence-corrected chi connectivity index (χ3v) is 8.19. The van der Waals surface area contributed by atoms with E-state index in [9.17, 15) is 14.4 Å². The summed E-state index contributed by atoms with van der Waals surface area (Å²) in [6, 6.07) is 32.0. The molecule has 0 aromatic heterocycles. The van der Waals surface area contributed by atoms with Gasteiger partial charge in [0.05, 0.1) is 12.0 Å². The highest BCUT2D eigenvalue weighted by molar-refractivity contribution is 6.17. The number of benzene rings is 4. The van der Waals surface area contributed by atoms with E-state index < -0.39 is 23.4 Å². The Hall–Kier alpha value is -4.97. The van der Waals surface area contributed by atoms with Crippen LogP contribution in [0.15, 0.2) is 115 Å². The van der Waals surface area contributed by atoms with Gasteiger partial charge in [-0.05, 0) is 35.4 Å². The number of carbonyl (C=O) groups excluding carboxylic acids is 3. The van der Waals surface area contributed by atoms with E-state index in [1.54, 1.807) is 24.3 Å². The van der Waals surface area contributed by atoms with Gasteiger partial charge in [-0.2, -0.15) is 0 Å². The standard InChI is InChI=1S/C33H25N3O3/c37-30(22-12-3-1-4-13-22)28-29(31(38)34-23-14-5-2-6-15-23)36-26-18-10-7-11-21(26)19-20-27(36)33(28)24-16-8-9-17-25(24)35-32(33)39/h1-20,27-29H,(H,34,38)(H,35,39)/t27-,28-,29+,33+/m0/s1. The average Bonchev–Trinajstić information content (AvgIpc) is 3.46. The molecular weight excluding hydrogens is 486 g/mol. The molecule has 190 valence electrons. The number of nitrogens with zero attached hydrogens (tertiary/aromatic N) is 1. The van der Waals surface area contributed by atoms with Crippen molar-refractivity contribution in [3.63, 3.8) is 0 Å². The van der Waals surface area contributed by atoms with Crippen molar-refractivity contribution in [2.75, 3.05) is 15.5 Å². The first kappa shape index (κ1) is 23.2. The Morgan fingerprint density at radius 2 is 1.46 bits per heavy atom. The molecular formula is C33H25N3O3. The van der Waals surface area contributed by atoms with Crippen LogP contribution in [0.25, 0.3) is 6.08 Å². The maximum absolute atomic E-state index is 14.6. The Kier molecular flexibility index (Phi) is 5.23. The van der Waals surface area contributed by atoms with Crippen LogP contribution in [0.4, 0.5) is 17.1 Å². The number of carbonyl (C=O) groups is 3. The Labute approximate surface area is 226 Å². The van der Waals surface area contributed by atoms with Gasteiger partial charge in [0.15, 0.2) is 5.78 Å². The lowest BCUT2D eigenvalue weighted by molar-refractivity contribution is -0.122. The lowest BCUT2D eigenvalue weighted by atomic mass is 9.64. The predicted octanol–water partition coefficient (Wildman–Crippen LogP) is 5.30. The first-order valence-corrected chi connectivity index (χ1v) is 13.0. The summed E-state index contributed by atoms with van der Waals surface area (Å²) in [4.78, 5) is 45.1. The van der Waals surface area contributed by atoms with Gasteiger partial charge < -0.3 is 15.5 Å². The van der Waals surface area contributed by atoms with E-state index >= 15 is 0 Å². The molecule has 39 heavy (non-hydrogen) atoms. The summed E-state index contributed by atoms with van der Waals surface area (Å²) >= 11 is 0. The highest BCUT2D eigenvalue weighted by atomic mass is 16.2. The van der Waals surface area contributed by atoms with Crippen LogP contribution in [0.1, 0.15) is 21.5 Å². The second-order valence-electron chi connectivity index (χ2n) is 10.1. The van der Waals surface area contributed by atoms with E-state index in [2.05, 4.69) is 10.6 Å². The SMILES string of the molecule is O=C(c1ccccc1)[C@@H]1[C@H](C(=O)Nc2ccccc2)N2c3ccccc3C=C[C@H]2[C@@]12C(=O)Nc1ccccc12. The second kappa shape index (κ2) is 8.81. The van der Waals surface area contributed by atoms with E-state index in [-0.39, 0.29) is 17.6 Å². The van der Waals surface area contributed by atoms with Gasteiger partial charge in [-0.15, -0.1) is 0 Å². The maximum Gasteiger partial charge on any atom is 0.247 e. The first-order valence-electron chi connectivity index (χ1n) is 13.0. The number of fused-ring (bicyclic) bond motifs is 6. The molecule has 2 amide bonds. The van der Waals surface area contributed by atoms with Crippen molar-refractivity contribution in [2.24, 2.45) is 5.92 Å². The molecule has 4 atom stereocenters. The van der Waals surface area contributed by atoms with Crippen LogP contribution in [0, 0.1) is 5.92 Å².